The summed E-state index contributed by atoms with van der Waals surface area (Å²) in [6, 6.07) is 29.2. The minimum absolute atomic E-state index is 0.532. The maximum atomic E-state index is 9.62. The number of nitrogens with zero attached hydrogens (tertiary/aromatic N) is 8. The van der Waals surface area contributed by atoms with E-state index in [2.05, 4.69) is 135 Å². The van der Waals surface area contributed by atoms with Crippen molar-refractivity contribution in [2.75, 3.05) is 0 Å². The molecule has 8 aromatic rings. The summed E-state index contributed by atoms with van der Waals surface area (Å²) < 4.78 is 0. The molecule has 8 aromatic heterocycles. The number of pyridine rings is 8. The Kier molecular flexibility index (Phi) is 22.2. The van der Waals surface area contributed by atoms with Crippen LogP contribution in [-0.4, -0.2) is 126 Å². The smallest absolute Gasteiger partial charge is 0.161 e. The highest BCUT2D eigenvalue weighted by molar-refractivity contribution is 5.78. The lowest BCUT2D eigenvalue weighted by Gasteiger charge is -2.06. The molecule has 0 aromatic carbocycles. The number of fused-ring (bicyclic) bond motifs is 4. The van der Waals surface area contributed by atoms with Gasteiger partial charge in [0.15, 0.2) is 22.6 Å². The first-order valence-corrected chi connectivity index (χ1v) is 27.7. The second-order valence-corrected chi connectivity index (χ2v) is 24.2. The second kappa shape index (κ2) is 28.3. The van der Waals surface area contributed by atoms with Gasteiger partial charge in [-0.1, -0.05) is 47.4 Å². The number of aromatic nitrogens is 8. The van der Waals surface area contributed by atoms with Gasteiger partial charge in [-0.3, -0.25) is 0 Å². The van der Waals surface area contributed by atoms with Crippen molar-refractivity contribution in [2.45, 2.75) is 156 Å². The van der Waals surface area contributed by atoms with E-state index in [4.69, 9.17) is 0 Å². The topological polar surface area (TPSA) is 265 Å². The predicted molar refractivity (Wildman–Crippen MR) is 344 cm³/mol. The molecular formula is C72H72N8O8. The Morgan fingerprint density at radius 1 is 0.193 bits per heavy atom. The van der Waals surface area contributed by atoms with Gasteiger partial charge in [0.25, 0.3) is 0 Å². The number of aliphatic hydroxyl groups is 8. The highest BCUT2D eigenvalue weighted by Gasteiger charge is 2.13. The Bertz CT molecular complexity index is 3580. The van der Waals surface area contributed by atoms with Gasteiger partial charge in [0.05, 0.1) is 0 Å². The van der Waals surface area contributed by atoms with Crippen LogP contribution in [0.3, 0.4) is 0 Å². The van der Waals surface area contributed by atoms with Gasteiger partial charge in [-0.05, 0) is 255 Å². The summed E-state index contributed by atoms with van der Waals surface area (Å²) in [5.74, 6) is 44.3. The molecule has 448 valence electrons. The molecule has 8 rings (SSSR count). The third kappa shape index (κ3) is 27.2. The molecule has 0 aliphatic carbocycles. The second-order valence-electron chi connectivity index (χ2n) is 24.2. The standard InChI is InChI=1S/4C18H18N2O2/c4*1-17(2,21)11-9-14-7-5-13-6-8-15(20-16(13)19-14)10-12-18(3,4)22/h4*5-8,21-22H,1-4H3. The van der Waals surface area contributed by atoms with Crippen molar-refractivity contribution in [1.82, 2.24) is 39.9 Å². The first-order chi connectivity index (χ1) is 40.5. The molecule has 0 spiro atoms. The molecule has 0 radical (unpaired) electrons. The summed E-state index contributed by atoms with van der Waals surface area (Å²) in [6.45, 7) is 25.8. The quantitative estimate of drug-likeness (QED) is 0.0684. The van der Waals surface area contributed by atoms with Crippen LogP contribution in [0.25, 0.3) is 44.1 Å². The van der Waals surface area contributed by atoms with E-state index in [9.17, 15) is 40.9 Å². The molecule has 0 bridgehead atoms. The van der Waals surface area contributed by atoms with Crippen molar-refractivity contribution in [3.8, 4) is 94.7 Å². The fourth-order valence-corrected chi connectivity index (χ4v) is 6.29. The summed E-state index contributed by atoms with van der Waals surface area (Å²) in [7, 11) is 0. The maximum absolute atomic E-state index is 9.62. The van der Waals surface area contributed by atoms with E-state index >= 15 is 0 Å². The summed E-state index contributed by atoms with van der Waals surface area (Å²) in [6.07, 6.45) is 0. The van der Waals surface area contributed by atoms with Gasteiger partial charge in [-0.15, -0.1) is 0 Å². The highest BCUT2D eigenvalue weighted by atomic mass is 16.3. The van der Waals surface area contributed by atoms with Crippen LogP contribution in [-0.2, 0) is 0 Å². The average Bonchev–Trinajstić information content (AvgIpc) is 3.62. The van der Waals surface area contributed by atoms with Crippen LogP contribution in [0.15, 0.2) is 97.1 Å². The third-order valence-corrected chi connectivity index (χ3v) is 10.2. The SMILES string of the molecule is CC(C)(O)C#Cc1ccc2ccc(C#CC(C)(C)O)nc2n1.CC(C)(O)C#Cc1ccc2ccc(C#CC(C)(C)O)nc2n1.CC(C)(O)C#Cc1ccc2ccc(C#CC(C)(C)O)nc2n1.CC(C)(O)C#Cc1ccc2ccc(C#CC(C)(C)O)nc2n1. The van der Waals surface area contributed by atoms with Gasteiger partial charge < -0.3 is 40.9 Å². The highest BCUT2D eigenvalue weighted by Crippen LogP contribution is 2.16. The molecule has 0 atom stereocenters. The summed E-state index contributed by atoms with van der Waals surface area (Å²) >= 11 is 0. The largest absolute Gasteiger partial charge is 0.378 e. The monoisotopic (exact) mass is 1180 g/mol. The fraction of sp³-hybridized carbons (Fsp3) is 0.333. The predicted octanol–water partition coefficient (Wildman–Crippen LogP) is 7.50. The van der Waals surface area contributed by atoms with Gasteiger partial charge in [0.2, 0.25) is 0 Å². The van der Waals surface area contributed by atoms with Crippen LogP contribution < -0.4 is 0 Å². The van der Waals surface area contributed by atoms with Crippen molar-refractivity contribution in [1.29, 1.82) is 0 Å². The molecule has 0 amide bonds. The molecule has 0 aliphatic rings. The Hall–Kier alpha value is -9.60. The molecule has 16 heteroatoms. The zero-order valence-electron chi connectivity index (χ0n) is 52.4. The maximum Gasteiger partial charge on any atom is 0.161 e. The zero-order chi connectivity index (χ0) is 65.5. The molecule has 8 heterocycles. The lowest BCUT2D eigenvalue weighted by molar-refractivity contribution is 0.143. The molecule has 8 N–H and O–H groups in total. The van der Waals surface area contributed by atoms with Crippen molar-refractivity contribution < 1.29 is 40.9 Å². The first-order valence-electron chi connectivity index (χ1n) is 27.7. The van der Waals surface area contributed by atoms with E-state index in [0.717, 1.165) is 21.5 Å². The van der Waals surface area contributed by atoms with E-state index in [-0.39, 0.29) is 0 Å². The third-order valence-electron chi connectivity index (χ3n) is 10.2. The lowest BCUT2D eigenvalue weighted by Crippen LogP contribution is -2.14. The van der Waals surface area contributed by atoms with E-state index in [1.165, 1.54) is 0 Å². The van der Waals surface area contributed by atoms with Gasteiger partial charge >= 0.3 is 0 Å². The van der Waals surface area contributed by atoms with Crippen molar-refractivity contribution in [3.05, 3.63) is 143 Å². The number of hydrogen-bond donors (Lipinski definition) is 8. The lowest BCUT2D eigenvalue weighted by atomic mass is 10.1. The van der Waals surface area contributed by atoms with E-state index in [0.29, 0.717) is 68.1 Å². The van der Waals surface area contributed by atoms with Crippen LogP contribution >= 0.6 is 0 Å². The first kappa shape index (κ1) is 69.2. The van der Waals surface area contributed by atoms with E-state index in [1.807, 2.05) is 48.5 Å². The Balaban J connectivity index is 0.000000214. The molecule has 0 aliphatic heterocycles. The van der Waals surface area contributed by atoms with Crippen LogP contribution in [0.2, 0.25) is 0 Å². The van der Waals surface area contributed by atoms with Crippen molar-refractivity contribution >= 4 is 44.1 Å². The molecule has 0 fully saturated rings. The molecule has 0 saturated carbocycles. The van der Waals surface area contributed by atoms with E-state index in [1.54, 1.807) is 159 Å². The summed E-state index contributed by atoms with van der Waals surface area (Å²) in [5, 5.41) is 80.5. The van der Waals surface area contributed by atoms with Crippen molar-refractivity contribution in [3.63, 3.8) is 0 Å². The van der Waals surface area contributed by atoms with Gasteiger partial charge in [0, 0.05) is 21.5 Å². The normalized spacial score (nSPS) is 11.4. The minimum atomic E-state index is -1.07. The Morgan fingerprint density at radius 2 is 0.295 bits per heavy atom. The van der Waals surface area contributed by atoms with Crippen LogP contribution in [0.1, 0.15) is 156 Å². The Labute approximate surface area is 515 Å². The molecule has 0 saturated heterocycles. The fourth-order valence-electron chi connectivity index (χ4n) is 6.29. The van der Waals surface area contributed by atoms with Crippen LogP contribution in [0.4, 0.5) is 0 Å². The summed E-state index contributed by atoms with van der Waals surface area (Å²) in [5.41, 5.74) is -2.10. The van der Waals surface area contributed by atoms with Crippen LogP contribution in [0.5, 0.6) is 0 Å². The van der Waals surface area contributed by atoms with Gasteiger partial charge in [-0.25, -0.2) is 39.9 Å². The molecule has 88 heavy (non-hydrogen) atoms. The molecule has 0 unspecified atom stereocenters. The minimum Gasteiger partial charge on any atom is -0.378 e. The molecule has 16 nitrogen and oxygen atoms in total. The number of hydrogen-bond acceptors (Lipinski definition) is 16. The summed E-state index contributed by atoms with van der Waals surface area (Å²) in [4.78, 5) is 34.9. The average molecular weight is 1180 g/mol. The van der Waals surface area contributed by atoms with Gasteiger partial charge in [-0.2, -0.15) is 0 Å². The van der Waals surface area contributed by atoms with Crippen LogP contribution in [0, 0.1) is 94.7 Å². The zero-order valence-corrected chi connectivity index (χ0v) is 52.4. The Morgan fingerprint density at radius 3 is 0.386 bits per heavy atom. The van der Waals surface area contributed by atoms with Gasteiger partial charge in [0.1, 0.15) is 90.4 Å². The molecular weight excluding hydrogens is 1100 g/mol. The number of rotatable bonds is 0. The van der Waals surface area contributed by atoms with Crippen molar-refractivity contribution in [2.24, 2.45) is 0 Å². The van der Waals surface area contributed by atoms with E-state index < -0.39 is 44.8 Å².